The van der Waals surface area contributed by atoms with Gasteiger partial charge in [0.15, 0.2) is 5.43 Å². The minimum Gasteiger partial charge on any atom is -0.497 e. The first-order chi connectivity index (χ1) is 12.7. The van der Waals surface area contributed by atoms with E-state index in [-0.39, 0.29) is 5.43 Å². The summed E-state index contributed by atoms with van der Waals surface area (Å²) < 4.78 is 5.23. The fourth-order valence-corrected chi connectivity index (χ4v) is 3.23. The van der Waals surface area contributed by atoms with Gasteiger partial charge in [0.2, 0.25) is 0 Å². The lowest BCUT2D eigenvalue weighted by Gasteiger charge is -2.13. The molecule has 0 aliphatic carbocycles. The van der Waals surface area contributed by atoms with Gasteiger partial charge in [0, 0.05) is 15.9 Å². The summed E-state index contributed by atoms with van der Waals surface area (Å²) in [6.45, 7) is 0. The van der Waals surface area contributed by atoms with Crippen molar-refractivity contribution in [2.24, 2.45) is 0 Å². The third-order valence-electron chi connectivity index (χ3n) is 4.42. The lowest BCUT2D eigenvalue weighted by atomic mass is 9.97. The highest BCUT2D eigenvalue weighted by Crippen LogP contribution is 2.31. The van der Waals surface area contributed by atoms with Crippen LogP contribution in [0.1, 0.15) is 0 Å². The van der Waals surface area contributed by atoms with Crippen LogP contribution in [0, 0.1) is 0 Å². The van der Waals surface area contributed by atoms with Crippen molar-refractivity contribution in [1.29, 1.82) is 0 Å². The molecule has 0 unspecified atom stereocenters. The molecule has 128 valence electrons. The first-order valence-electron chi connectivity index (χ1n) is 8.23. The Balaban J connectivity index is 2.04. The highest BCUT2D eigenvalue weighted by Gasteiger charge is 2.15. The number of benzene rings is 3. The molecule has 4 heteroatoms. The van der Waals surface area contributed by atoms with E-state index in [1.54, 1.807) is 7.11 Å². The molecule has 0 amide bonds. The van der Waals surface area contributed by atoms with Crippen molar-refractivity contribution in [3.8, 4) is 28.1 Å². The molecule has 0 bridgehead atoms. The third kappa shape index (κ3) is 2.87. The van der Waals surface area contributed by atoms with Gasteiger partial charge < -0.3 is 9.72 Å². The van der Waals surface area contributed by atoms with Crippen molar-refractivity contribution < 1.29 is 4.74 Å². The molecular formula is C22H16ClNO2. The van der Waals surface area contributed by atoms with Gasteiger partial charge >= 0.3 is 0 Å². The number of pyridine rings is 1. The zero-order valence-electron chi connectivity index (χ0n) is 14.1. The van der Waals surface area contributed by atoms with Crippen LogP contribution in [-0.4, -0.2) is 12.1 Å². The van der Waals surface area contributed by atoms with E-state index in [0.717, 1.165) is 28.1 Å². The van der Waals surface area contributed by atoms with Crippen molar-refractivity contribution in [3.63, 3.8) is 0 Å². The van der Waals surface area contributed by atoms with Gasteiger partial charge in [-0.3, -0.25) is 4.79 Å². The van der Waals surface area contributed by atoms with Gasteiger partial charge in [-0.1, -0.05) is 48.0 Å². The minimum absolute atomic E-state index is 0.00512. The first-order valence-corrected chi connectivity index (χ1v) is 8.60. The summed E-state index contributed by atoms with van der Waals surface area (Å²) in [5, 5.41) is 1.32. The molecule has 1 N–H and O–H groups in total. The summed E-state index contributed by atoms with van der Waals surface area (Å²) in [6.07, 6.45) is 0. The highest BCUT2D eigenvalue weighted by atomic mass is 35.5. The zero-order valence-corrected chi connectivity index (χ0v) is 14.9. The second-order valence-corrected chi connectivity index (χ2v) is 6.42. The van der Waals surface area contributed by atoms with Crippen molar-refractivity contribution in [2.75, 3.05) is 7.11 Å². The minimum atomic E-state index is -0.00512. The summed E-state index contributed by atoms with van der Waals surface area (Å²) in [5.41, 5.74) is 3.95. The first kappa shape index (κ1) is 16.4. The summed E-state index contributed by atoms with van der Waals surface area (Å²) in [5.74, 6) is 0.749. The smallest absolute Gasteiger partial charge is 0.197 e. The van der Waals surface area contributed by atoms with Gasteiger partial charge in [-0.25, -0.2) is 0 Å². The zero-order chi connectivity index (χ0) is 18.1. The maximum atomic E-state index is 13.3. The van der Waals surface area contributed by atoms with Crippen LogP contribution in [0.2, 0.25) is 5.02 Å². The lowest BCUT2D eigenvalue weighted by molar-refractivity contribution is 0.415. The van der Waals surface area contributed by atoms with Crippen molar-refractivity contribution in [1.82, 2.24) is 4.98 Å². The Kier molecular flexibility index (Phi) is 4.23. The van der Waals surface area contributed by atoms with Crippen LogP contribution in [0.15, 0.2) is 77.6 Å². The maximum absolute atomic E-state index is 13.3. The fourth-order valence-electron chi connectivity index (χ4n) is 3.10. The molecular weight excluding hydrogens is 346 g/mol. The molecule has 3 aromatic carbocycles. The van der Waals surface area contributed by atoms with Crippen LogP contribution in [0.3, 0.4) is 0 Å². The van der Waals surface area contributed by atoms with Crippen molar-refractivity contribution in [2.45, 2.75) is 0 Å². The predicted molar refractivity (Wildman–Crippen MR) is 107 cm³/mol. The average molecular weight is 362 g/mol. The Morgan fingerprint density at radius 1 is 0.846 bits per heavy atom. The van der Waals surface area contributed by atoms with Crippen LogP contribution in [0.5, 0.6) is 5.75 Å². The Hall–Kier alpha value is -3.04. The van der Waals surface area contributed by atoms with E-state index in [2.05, 4.69) is 4.98 Å². The second-order valence-electron chi connectivity index (χ2n) is 5.99. The van der Waals surface area contributed by atoms with E-state index in [4.69, 9.17) is 16.3 Å². The van der Waals surface area contributed by atoms with E-state index in [9.17, 15) is 4.79 Å². The number of ether oxygens (including phenoxy) is 1. The van der Waals surface area contributed by atoms with E-state index < -0.39 is 0 Å². The van der Waals surface area contributed by atoms with E-state index in [0.29, 0.717) is 16.0 Å². The number of aromatic nitrogens is 1. The van der Waals surface area contributed by atoms with Crippen LogP contribution in [0.25, 0.3) is 33.3 Å². The van der Waals surface area contributed by atoms with Crippen LogP contribution in [-0.2, 0) is 0 Å². The number of hydrogen-bond acceptors (Lipinski definition) is 2. The van der Waals surface area contributed by atoms with Gasteiger partial charge in [-0.05, 0) is 47.5 Å². The van der Waals surface area contributed by atoms with Gasteiger partial charge in [0.05, 0.1) is 18.4 Å². The van der Waals surface area contributed by atoms with E-state index in [1.165, 1.54) is 0 Å². The molecule has 1 aromatic heterocycles. The van der Waals surface area contributed by atoms with Gasteiger partial charge in [0.1, 0.15) is 5.75 Å². The Labute approximate surface area is 155 Å². The number of methoxy groups -OCH3 is 1. The number of H-pyrrole nitrogens is 1. The van der Waals surface area contributed by atoms with Crippen molar-refractivity contribution in [3.05, 3.63) is 88.0 Å². The van der Waals surface area contributed by atoms with Gasteiger partial charge in [-0.2, -0.15) is 0 Å². The molecule has 1 heterocycles. The molecule has 0 radical (unpaired) electrons. The normalized spacial score (nSPS) is 10.8. The molecule has 0 atom stereocenters. The quantitative estimate of drug-likeness (QED) is 0.521. The summed E-state index contributed by atoms with van der Waals surface area (Å²) in [7, 11) is 1.62. The average Bonchev–Trinajstić information content (AvgIpc) is 2.69. The molecule has 4 aromatic rings. The molecule has 0 aliphatic rings. The number of fused-ring (bicyclic) bond motifs is 1. The molecule has 0 spiro atoms. The van der Waals surface area contributed by atoms with Crippen LogP contribution in [0.4, 0.5) is 0 Å². The van der Waals surface area contributed by atoms with Gasteiger partial charge in [-0.15, -0.1) is 0 Å². The predicted octanol–water partition coefficient (Wildman–Crippen LogP) is 5.52. The molecule has 26 heavy (non-hydrogen) atoms. The summed E-state index contributed by atoms with van der Waals surface area (Å²) in [6, 6.07) is 22.5. The lowest BCUT2D eigenvalue weighted by Crippen LogP contribution is -2.09. The monoisotopic (exact) mass is 361 g/mol. The molecule has 4 rings (SSSR count). The Morgan fingerprint density at radius 3 is 2.19 bits per heavy atom. The number of para-hydroxylation sites is 1. The molecule has 0 fully saturated rings. The largest absolute Gasteiger partial charge is 0.497 e. The Morgan fingerprint density at radius 2 is 1.50 bits per heavy atom. The SMILES string of the molecule is COc1ccc(-c2c(-c3ccc(Cl)cc3)[nH]c3ccccc3c2=O)cc1. The third-order valence-corrected chi connectivity index (χ3v) is 4.67. The van der Waals surface area contributed by atoms with Crippen LogP contribution >= 0.6 is 11.6 Å². The van der Waals surface area contributed by atoms with E-state index >= 15 is 0 Å². The standard InChI is InChI=1S/C22H16ClNO2/c1-26-17-12-8-14(9-13-17)20-21(15-6-10-16(23)11-7-15)24-19-5-3-2-4-18(19)22(20)25/h2-13H,1H3,(H,24,25). The highest BCUT2D eigenvalue weighted by molar-refractivity contribution is 6.30. The fraction of sp³-hybridized carbons (Fsp3) is 0.0455. The number of rotatable bonds is 3. The Bertz CT molecular complexity index is 1130. The number of aromatic amines is 1. The summed E-state index contributed by atoms with van der Waals surface area (Å²) in [4.78, 5) is 16.7. The maximum Gasteiger partial charge on any atom is 0.197 e. The number of nitrogens with one attached hydrogen (secondary N) is 1. The van der Waals surface area contributed by atoms with Gasteiger partial charge in [0.25, 0.3) is 0 Å². The second kappa shape index (κ2) is 6.70. The van der Waals surface area contributed by atoms with Crippen molar-refractivity contribution >= 4 is 22.5 Å². The number of hydrogen-bond donors (Lipinski definition) is 1. The van der Waals surface area contributed by atoms with E-state index in [1.807, 2.05) is 72.8 Å². The molecule has 0 saturated carbocycles. The molecule has 0 saturated heterocycles. The molecule has 0 aliphatic heterocycles. The molecule has 3 nitrogen and oxygen atoms in total. The summed E-state index contributed by atoms with van der Waals surface area (Å²) >= 11 is 6.03. The van der Waals surface area contributed by atoms with Crippen LogP contribution < -0.4 is 10.2 Å². The number of halogens is 1. The topological polar surface area (TPSA) is 42.1 Å².